The number of likely N-dealkylation sites (tertiary alicyclic amines) is 1. The van der Waals surface area contributed by atoms with Gasteiger partial charge >= 0.3 is 0 Å². The molecule has 0 spiro atoms. The summed E-state index contributed by atoms with van der Waals surface area (Å²) in [5.74, 6) is -0.222. The lowest BCUT2D eigenvalue weighted by atomic mass is 10.1. The predicted octanol–water partition coefficient (Wildman–Crippen LogP) is 3.87. The van der Waals surface area contributed by atoms with Crippen molar-refractivity contribution in [2.45, 2.75) is 30.3 Å². The number of nitrogens with one attached hydrogen (secondary N) is 1. The standard InChI is InChI=1S/C33H32N4O5S/c1-42-29-12-10-28-20-30(13-11-27(28)19-29)43(40,41)37(23-32(38)35-16-14-24-6-3-2-4-7-24)31-15-17-36(33(31)39)22-26-9-5-8-25(18-26)21-34/h2-13,18-20,31H,14-17,22-23H2,1H3,(H,35,38)/t31-/m0/s1. The number of nitrogens with zero attached hydrogens (tertiary/aromatic N) is 3. The van der Waals surface area contributed by atoms with E-state index in [1.54, 1.807) is 54.5 Å². The molecule has 1 aliphatic rings. The molecule has 1 saturated heterocycles. The molecule has 1 atom stereocenters. The summed E-state index contributed by atoms with van der Waals surface area (Å²) in [7, 11) is -2.69. The van der Waals surface area contributed by atoms with Gasteiger partial charge in [0.1, 0.15) is 11.8 Å². The molecule has 4 aromatic rings. The van der Waals surface area contributed by atoms with E-state index in [2.05, 4.69) is 11.4 Å². The third-order valence-electron chi connectivity index (χ3n) is 7.55. The van der Waals surface area contributed by atoms with Gasteiger partial charge in [0.05, 0.1) is 30.2 Å². The first kappa shape index (κ1) is 29.8. The molecule has 1 aliphatic heterocycles. The van der Waals surface area contributed by atoms with E-state index in [1.165, 1.54) is 6.07 Å². The Labute approximate surface area is 251 Å². The number of sulfonamides is 1. The van der Waals surface area contributed by atoms with Crippen molar-refractivity contribution in [3.63, 3.8) is 0 Å². The zero-order valence-corrected chi connectivity index (χ0v) is 24.6. The molecule has 5 rings (SSSR count). The molecule has 4 aromatic carbocycles. The van der Waals surface area contributed by atoms with Crippen LogP contribution in [0, 0.1) is 11.3 Å². The summed E-state index contributed by atoms with van der Waals surface area (Å²) in [6.45, 7) is 0.389. The Morgan fingerprint density at radius 1 is 1.00 bits per heavy atom. The van der Waals surface area contributed by atoms with Crippen LogP contribution in [0.2, 0.25) is 0 Å². The smallest absolute Gasteiger partial charge is 0.244 e. The van der Waals surface area contributed by atoms with Crippen LogP contribution in [0.1, 0.15) is 23.1 Å². The maximum absolute atomic E-state index is 14.1. The average Bonchev–Trinajstić information content (AvgIpc) is 3.38. The average molecular weight is 597 g/mol. The number of nitriles is 1. The van der Waals surface area contributed by atoms with E-state index in [0.29, 0.717) is 36.2 Å². The van der Waals surface area contributed by atoms with Crippen LogP contribution < -0.4 is 10.1 Å². The first-order valence-corrected chi connectivity index (χ1v) is 15.4. The van der Waals surface area contributed by atoms with Gasteiger partial charge in [0.25, 0.3) is 0 Å². The minimum atomic E-state index is -4.25. The maximum Gasteiger partial charge on any atom is 0.244 e. The number of carbonyl (C=O) groups is 2. The lowest BCUT2D eigenvalue weighted by Crippen LogP contribution is -2.49. The molecular formula is C33H32N4O5S. The summed E-state index contributed by atoms with van der Waals surface area (Å²) in [5.41, 5.74) is 2.29. The number of hydrogen-bond donors (Lipinski definition) is 1. The first-order valence-electron chi connectivity index (χ1n) is 14.0. The highest BCUT2D eigenvalue weighted by Crippen LogP contribution is 2.29. The second-order valence-corrected chi connectivity index (χ2v) is 12.3. The minimum Gasteiger partial charge on any atom is -0.497 e. The third kappa shape index (κ3) is 6.85. The second kappa shape index (κ2) is 13.1. The molecule has 0 unspecified atom stereocenters. The first-order chi connectivity index (χ1) is 20.8. The molecule has 1 N–H and O–H groups in total. The number of amides is 2. The molecule has 1 heterocycles. The Morgan fingerprint density at radius 3 is 2.51 bits per heavy atom. The third-order valence-corrected chi connectivity index (χ3v) is 9.40. The molecule has 10 heteroatoms. The molecule has 220 valence electrons. The SMILES string of the molecule is COc1ccc2cc(S(=O)(=O)N(CC(=O)NCCc3ccccc3)[C@H]3CCN(Cc4cccc(C#N)c4)C3=O)ccc2c1. The van der Waals surface area contributed by atoms with Crippen molar-refractivity contribution in [3.8, 4) is 11.8 Å². The van der Waals surface area contributed by atoms with Crippen LogP contribution in [-0.2, 0) is 32.6 Å². The summed E-state index contributed by atoms with van der Waals surface area (Å²) in [6.07, 6.45) is 0.823. The maximum atomic E-state index is 14.1. The van der Waals surface area contributed by atoms with E-state index in [-0.39, 0.29) is 23.8 Å². The molecule has 0 saturated carbocycles. The summed E-state index contributed by atoms with van der Waals surface area (Å²) in [5, 5.41) is 13.5. The summed E-state index contributed by atoms with van der Waals surface area (Å²) in [6, 6.07) is 27.7. The van der Waals surface area contributed by atoms with Crippen LogP contribution in [0.15, 0.2) is 95.9 Å². The van der Waals surface area contributed by atoms with Gasteiger partial charge in [0.15, 0.2) is 0 Å². The van der Waals surface area contributed by atoms with Gasteiger partial charge < -0.3 is 15.0 Å². The van der Waals surface area contributed by atoms with Crippen LogP contribution in [-0.4, -0.2) is 62.2 Å². The van der Waals surface area contributed by atoms with Crippen molar-refractivity contribution in [1.29, 1.82) is 5.26 Å². The molecule has 0 radical (unpaired) electrons. The monoisotopic (exact) mass is 596 g/mol. The molecular weight excluding hydrogens is 564 g/mol. The molecule has 1 fully saturated rings. The summed E-state index contributed by atoms with van der Waals surface area (Å²) >= 11 is 0. The highest BCUT2D eigenvalue weighted by Gasteiger charge is 2.42. The normalized spacial score (nSPS) is 15.0. The van der Waals surface area contributed by atoms with Gasteiger partial charge in [-0.05, 0) is 71.1 Å². The molecule has 0 aliphatic carbocycles. The number of carbonyl (C=O) groups excluding carboxylic acids is 2. The lowest BCUT2D eigenvalue weighted by molar-refractivity contribution is -0.131. The zero-order chi connectivity index (χ0) is 30.4. The van der Waals surface area contributed by atoms with E-state index in [9.17, 15) is 23.3 Å². The highest BCUT2D eigenvalue weighted by atomic mass is 32.2. The van der Waals surface area contributed by atoms with Gasteiger partial charge in [0.2, 0.25) is 21.8 Å². The fourth-order valence-electron chi connectivity index (χ4n) is 5.28. The Morgan fingerprint density at radius 2 is 1.74 bits per heavy atom. The number of benzene rings is 4. The molecule has 43 heavy (non-hydrogen) atoms. The molecule has 2 amide bonds. The largest absolute Gasteiger partial charge is 0.497 e. The Balaban J connectivity index is 1.40. The predicted molar refractivity (Wildman–Crippen MR) is 163 cm³/mol. The lowest BCUT2D eigenvalue weighted by Gasteiger charge is -2.27. The van der Waals surface area contributed by atoms with Crippen molar-refractivity contribution in [2.24, 2.45) is 0 Å². The number of rotatable bonds is 11. The van der Waals surface area contributed by atoms with Gasteiger partial charge in [-0.25, -0.2) is 8.42 Å². The van der Waals surface area contributed by atoms with Crippen LogP contribution in [0.3, 0.4) is 0 Å². The fraction of sp³-hybridized carbons (Fsp3) is 0.242. The van der Waals surface area contributed by atoms with E-state index in [4.69, 9.17) is 4.74 Å². The fourth-order valence-corrected chi connectivity index (χ4v) is 6.89. The quantitative estimate of drug-likeness (QED) is 0.281. The Bertz CT molecular complexity index is 1790. The topological polar surface area (TPSA) is 120 Å². The van der Waals surface area contributed by atoms with Crippen molar-refractivity contribution < 1.29 is 22.7 Å². The van der Waals surface area contributed by atoms with Gasteiger partial charge in [-0.2, -0.15) is 9.57 Å². The molecule has 0 bridgehead atoms. The second-order valence-electron chi connectivity index (χ2n) is 10.4. The van der Waals surface area contributed by atoms with Crippen molar-refractivity contribution >= 4 is 32.6 Å². The van der Waals surface area contributed by atoms with Crippen LogP contribution in [0.4, 0.5) is 0 Å². The van der Waals surface area contributed by atoms with Gasteiger partial charge in [0, 0.05) is 19.6 Å². The van der Waals surface area contributed by atoms with Crippen molar-refractivity contribution in [2.75, 3.05) is 26.7 Å². The number of hydrogen-bond acceptors (Lipinski definition) is 6. The van der Waals surface area contributed by atoms with Crippen LogP contribution in [0.5, 0.6) is 5.75 Å². The van der Waals surface area contributed by atoms with Crippen molar-refractivity contribution in [1.82, 2.24) is 14.5 Å². The van der Waals surface area contributed by atoms with Crippen LogP contribution in [0.25, 0.3) is 10.8 Å². The number of ether oxygens (including phenoxy) is 1. The summed E-state index contributed by atoms with van der Waals surface area (Å²) in [4.78, 5) is 28.3. The highest BCUT2D eigenvalue weighted by molar-refractivity contribution is 7.89. The van der Waals surface area contributed by atoms with E-state index < -0.39 is 28.5 Å². The van der Waals surface area contributed by atoms with E-state index >= 15 is 0 Å². The number of fused-ring (bicyclic) bond motifs is 1. The Hall–Kier alpha value is -4.72. The van der Waals surface area contributed by atoms with Crippen LogP contribution >= 0.6 is 0 Å². The number of methoxy groups -OCH3 is 1. The molecule has 0 aromatic heterocycles. The van der Waals surface area contributed by atoms with E-state index in [1.807, 2.05) is 42.5 Å². The van der Waals surface area contributed by atoms with Gasteiger partial charge in [-0.15, -0.1) is 0 Å². The van der Waals surface area contributed by atoms with Gasteiger partial charge in [-0.1, -0.05) is 54.6 Å². The Kier molecular flexibility index (Phi) is 9.04. The minimum absolute atomic E-state index is 0.00442. The van der Waals surface area contributed by atoms with E-state index in [0.717, 1.165) is 20.8 Å². The zero-order valence-electron chi connectivity index (χ0n) is 23.8. The van der Waals surface area contributed by atoms with Crippen molar-refractivity contribution in [3.05, 3.63) is 108 Å². The van der Waals surface area contributed by atoms with Gasteiger partial charge in [-0.3, -0.25) is 9.59 Å². The summed E-state index contributed by atoms with van der Waals surface area (Å²) < 4.78 is 34.6. The molecule has 9 nitrogen and oxygen atoms in total.